The van der Waals surface area contributed by atoms with Gasteiger partial charge in [0.1, 0.15) is 22.7 Å². The highest BCUT2D eigenvalue weighted by Crippen LogP contribution is 2.48. The summed E-state index contributed by atoms with van der Waals surface area (Å²) in [5, 5.41) is 2.96. The highest BCUT2D eigenvalue weighted by atomic mass is 32.1. The Bertz CT molecular complexity index is 1140. The minimum atomic E-state index is -0.558. The Morgan fingerprint density at radius 1 is 1.14 bits per heavy atom. The van der Waals surface area contributed by atoms with Gasteiger partial charge in [0.05, 0.1) is 17.6 Å². The van der Waals surface area contributed by atoms with Crippen molar-refractivity contribution in [2.75, 3.05) is 20.2 Å². The van der Waals surface area contributed by atoms with Crippen LogP contribution in [0.15, 0.2) is 36.4 Å². The maximum absolute atomic E-state index is 12.6. The van der Waals surface area contributed by atoms with Crippen LogP contribution in [0.3, 0.4) is 0 Å². The molecule has 1 fully saturated rings. The van der Waals surface area contributed by atoms with Gasteiger partial charge in [-0.25, -0.2) is 4.79 Å². The Balaban J connectivity index is 1.66. The van der Waals surface area contributed by atoms with Crippen molar-refractivity contribution in [2.45, 2.75) is 64.7 Å². The number of carbonyl (C=O) groups excluding carboxylic acids is 2. The number of nitrogens with one attached hydrogen (secondary N) is 1. The minimum absolute atomic E-state index is 0.0644. The number of hydrogen-bond acceptors (Lipinski definition) is 6. The van der Waals surface area contributed by atoms with Gasteiger partial charge in [0.15, 0.2) is 0 Å². The first-order chi connectivity index (χ1) is 16.5. The Morgan fingerprint density at radius 3 is 2.49 bits per heavy atom. The second kappa shape index (κ2) is 9.57. The van der Waals surface area contributed by atoms with E-state index in [2.05, 4.69) is 11.4 Å². The fourth-order valence-electron chi connectivity index (χ4n) is 4.39. The second-order valence-corrected chi connectivity index (χ2v) is 11.4. The van der Waals surface area contributed by atoms with Crippen LogP contribution in [0.5, 0.6) is 11.5 Å². The van der Waals surface area contributed by atoms with Crippen LogP contribution in [0.25, 0.3) is 5.57 Å². The zero-order chi connectivity index (χ0) is 25.4. The summed E-state index contributed by atoms with van der Waals surface area (Å²) in [5.74, 6) is 1.38. The number of rotatable bonds is 4. The van der Waals surface area contributed by atoms with Gasteiger partial charge in [-0.1, -0.05) is 6.07 Å². The Hall–Kier alpha value is -3.00. The molecule has 3 heterocycles. The van der Waals surface area contributed by atoms with Crippen LogP contribution < -0.4 is 14.8 Å². The summed E-state index contributed by atoms with van der Waals surface area (Å²) in [7, 11) is 1.65. The fourth-order valence-corrected chi connectivity index (χ4v) is 5.32. The average Bonchev–Trinajstić information content (AvgIpc) is 3.27. The van der Waals surface area contributed by atoms with Crippen molar-refractivity contribution in [2.24, 2.45) is 0 Å². The number of carbonyl (C=O) groups is 2. The second-order valence-electron chi connectivity index (χ2n) is 10.3. The Morgan fingerprint density at radius 2 is 1.86 bits per heavy atom. The lowest BCUT2D eigenvalue weighted by Gasteiger charge is -2.43. The molecule has 1 saturated heterocycles. The molecule has 0 bridgehead atoms. The number of likely N-dealkylation sites (tertiary alicyclic amines) is 1. The molecular weight excluding hydrogens is 464 g/mol. The van der Waals surface area contributed by atoms with E-state index in [1.165, 1.54) is 11.3 Å². The van der Waals surface area contributed by atoms with E-state index in [1.807, 2.05) is 65.0 Å². The van der Waals surface area contributed by atoms with Gasteiger partial charge < -0.3 is 24.4 Å². The molecule has 0 saturated carbocycles. The molecule has 1 spiro atoms. The highest BCUT2D eigenvalue weighted by molar-refractivity contribution is 7.15. The summed E-state index contributed by atoms with van der Waals surface area (Å²) < 4.78 is 17.8. The van der Waals surface area contributed by atoms with Crippen molar-refractivity contribution in [1.29, 1.82) is 0 Å². The van der Waals surface area contributed by atoms with Crippen LogP contribution in [0.4, 0.5) is 4.79 Å². The first-order valence-electron chi connectivity index (χ1n) is 12.0. The number of benzene rings is 1. The van der Waals surface area contributed by atoms with Gasteiger partial charge in [-0.15, -0.1) is 11.3 Å². The molecule has 1 N–H and O–H groups in total. The molecule has 4 rings (SSSR count). The van der Waals surface area contributed by atoms with Crippen molar-refractivity contribution in [3.05, 3.63) is 51.7 Å². The van der Waals surface area contributed by atoms with E-state index in [1.54, 1.807) is 12.0 Å². The SMILES string of the molecule is COc1cccc2c1C(c1ccc(C(=O)NC(C)C)s1)=CC1(CCN(C(=O)OC(C)(C)C)CC1)O2. The molecule has 1 aromatic heterocycles. The molecular formula is C27H34N2O5S. The number of methoxy groups -OCH3 is 1. The van der Waals surface area contributed by atoms with Crippen LogP contribution in [0, 0.1) is 0 Å². The predicted octanol–water partition coefficient (Wildman–Crippen LogP) is 5.49. The monoisotopic (exact) mass is 498 g/mol. The summed E-state index contributed by atoms with van der Waals surface area (Å²) in [4.78, 5) is 28.6. The van der Waals surface area contributed by atoms with Gasteiger partial charge in [0.25, 0.3) is 5.91 Å². The van der Waals surface area contributed by atoms with Crippen molar-refractivity contribution in [1.82, 2.24) is 10.2 Å². The zero-order valence-electron chi connectivity index (χ0n) is 21.3. The lowest BCUT2D eigenvalue weighted by atomic mass is 9.84. The summed E-state index contributed by atoms with van der Waals surface area (Å²) in [5.41, 5.74) is 0.780. The third-order valence-electron chi connectivity index (χ3n) is 5.97. The first-order valence-corrected chi connectivity index (χ1v) is 12.8. The molecule has 0 atom stereocenters. The van der Waals surface area contributed by atoms with Crippen molar-refractivity contribution in [3.8, 4) is 11.5 Å². The van der Waals surface area contributed by atoms with Crippen LogP contribution in [0.2, 0.25) is 0 Å². The maximum Gasteiger partial charge on any atom is 0.410 e. The molecule has 0 radical (unpaired) electrons. The lowest BCUT2D eigenvalue weighted by Crippen LogP contribution is -2.50. The number of amides is 2. The average molecular weight is 499 g/mol. The van der Waals surface area contributed by atoms with Gasteiger partial charge >= 0.3 is 6.09 Å². The number of nitrogens with zero attached hydrogens (tertiary/aromatic N) is 1. The van der Waals surface area contributed by atoms with E-state index in [0.29, 0.717) is 30.8 Å². The molecule has 35 heavy (non-hydrogen) atoms. The molecule has 1 aromatic carbocycles. The highest BCUT2D eigenvalue weighted by Gasteiger charge is 2.41. The van der Waals surface area contributed by atoms with Gasteiger partial charge in [0, 0.05) is 42.4 Å². The molecule has 188 valence electrons. The van der Waals surface area contributed by atoms with Crippen molar-refractivity contribution in [3.63, 3.8) is 0 Å². The van der Waals surface area contributed by atoms with Crippen LogP contribution in [-0.4, -0.2) is 54.3 Å². The van der Waals surface area contributed by atoms with E-state index in [9.17, 15) is 9.59 Å². The summed E-state index contributed by atoms with van der Waals surface area (Å²) in [6, 6.07) is 9.69. The number of hydrogen-bond donors (Lipinski definition) is 1. The predicted molar refractivity (Wildman–Crippen MR) is 137 cm³/mol. The molecule has 2 aliphatic heterocycles. The third kappa shape index (κ3) is 5.48. The topological polar surface area (TPSA) is 77.1 Å². The number of fused-ring (bicyclic) bond motifs is 1. The molecule has 2 amide bonds. The largest absolute Gasteiger partial charge is 0.496 e. The molecule has 2 aliphatic rings. The smallest absolute Gasteiger partial charge is 0.410 e. The molecule has 8 heteroatoms. The lowest BCUT2D eigenvalue weighted by molar-refractivity contribution is -0.00121. The fraction of sp³-hybridized carbons (Fsp3) is 0.481. The van der Waals surface area contributed by atoms with E-state index >= 15 is 0 Å². The van der Waals surface area contributed by atoms with Gasteiger partial charge in [-0.05, 0) is 65.0 Å². The van der Waals surface area contributed by atoms with Crippen molar-refractivity contribution >= 4 is 28.9 Å². The van der Waals surface area contributed by atoms with Crippen molar-refractivity contribution < 1.29 is 23.8 Å². The van der Waals surface area contributed by atoms with E-state index < -0.39 is 11.2 Å². The Labute approximate surface area is 211 Å². The molecule has 2 aromatic rings. The summed E-state index contributed by atoms with van der Waals surface area (Å²) >= 11 is 1.46. The maximum atomic E-state index is 12.6. The first kappa shape index (κ1) is 25.1. The van der Waals surface area contributed by atoms with Crippen LogP contribution in [-0.2, 0) is 4.74 Å². The summed E-state index contributed by atoms with van der Waals surface area (Å²) in [6.45, 7) is 10.6. The van der Waals surface area contributed by atoms with E-state index in [0.717, 1.165) is 27.5 Å². The molecule has 7 nitrogen and oxygen atoms in total. The van der Waals surface area contributed by atoms with Gasteiger partial charge in [-0.2, -0.15) is 0 Å². The molecule has 0 unspecified atom stereocenters. The van der Waals surface area contributed by atoms with Gasteiger partial charge in [-0.3, -0.25) is 4.79 Å². The number of ether oxygens (including phenoxy) is 3. The zero-order valence-corrected chi connectivity index (χ0v) is 22.1. The van der Waals surface area contributed by atoms with Crippen LogP contribution >= 0.6 is 11.3 Å². The third-order valence-corrected chi connectivity index (χ3v) is 7.09. The number of piperidine rings is 1. The minimum Gasteiger partial charge on any atom is -0.496 e. The van der Waals surface area contributed by atoms with E-state index in [4.69, 9.17) is 14.2 Å². The number of thiophene rings is 1. The van der Waals surface area contributed by atoms with E-state index in [-0.39, 0.29) is 18.0 Å². The Kier molecular flexibility index (Phi) is 6.86. The van der Waals surface area contributed by atoms with Gasteiger partial charge in [0.2, 0.25) is 0 Å². The summed E-state index contributed by atoms with van der Waals surface area (Å²) in [6.07, 6.45) is 3.13. The van der Waals surface area contributed by atoms with Crippen LogP contribution in [0.1, 0.15) is 67.6 Å². The quantitative estimate of drug-likeness (QED) is 0.603. The standard InChI is InChI=1S/C27H34N2O5S/c1-17(2)28-24(30)22-11-10-21(35-22)18-16-27(33-20-9-7-8-19(32-6)23(18)20)12-14-29(15-13-27)25(31)34-26(3,4)5/h7-11,16-17H,12-15H2,1-6H3,(H,28,30). The normalized spacial score (nSPS) is 16.9. The molecule has 0 aliphatic carbocycles.